The number of aromatic nitrogens is 1. The Morgan fingerprint density at radius 1 is 1.53 bits per heavy atom. The molecule has 0 unspecified atom stereocenters. The molecule has 0 saturated heterocycles. The number of nitrogens with two attached hydrogens (primary N) is 1. The van der Waals surface area contributed by atoms with E-state index in [1.54, 1.807) is 23.6 Å². The maximum absolute atomic E-state index is 12.2. The zero-order valence-corrected chi connectivity index (χ0v) is 10.1. The van der Waals surface area contributed by atoms with Crippen molar-refractivity contribution in [3.05, 3.63) is 39.8 Å². The second-order valence-corrected chi connectivity index (χ2v) is 5.19. The lowest BCUT2D eigenvalue weighted by atomic mass is 10.1. The van der Waals surface area contributed by atoms with Crippen LogP contribution in [-0.4, -0.2) is 22.3 Å². The van der Waals surface area contributed by atoms with E-state index in [0.717, 1.165) is 13.0 Å². The van der Waals surface area contributed by atoms with Gasteiger partial charge in [0.1, 0.15) is 5.69 Å². The predicted octanol–water partition coefficient (Wildman–Crippen LogP) is 1.86. The SMILES string of the molecule is Nc1c[nH]c(C(=O)N2CCc3sccc3C2)c1. The molecule has 88 valence electrons. The normalized spacial score (nSPS) is 14.7. The molecule has 0 fully saturated rings. The van der Waals surface area contributed by atoms with Crippen LogP contribution in [0.5, 0.6) is 0 Å². The van der Waals surface area contributed by atoms with E-state index >= 15 is 0 Å². The molecule has 2 aromatic heterocycles. The molecule has 2 aromatic rings. The molecule has 3 rings (SSSR count). The first-order valence-corrected chi connectivity index (χ1v) is 6.40. The Bertz CT molecular complexity index is 558. The van der Waals surface area contributed by atoms with Crippen molar-refractivity contribution in [3.8, 4) is 0 Å². The number of amides is 1. The van der Waals surface area contributed by atoms with Crippen LogP contribution in [0, 0.1) is 0 Å². The molecule has 5 heteroatoms. The molecule has 17 heavy (non-hydrogen) atoms. The van der Waals surface area contributed by atoms with Crippen LogP contribution < -0.4 is 5.73 Å². The highest BCUT2D eigenvalue weighted by Gasteiger charge is 2.23. The Hall–Kier alpha value is -1.75. The number of hydrogen-bond donors (Lipinski definition) is 2. The van der Waals surface area contributed by atoms with Crippen molar-refractivity contribution in [2.45, 2.75) is 13.0 Å². The topological polar surface area (TPSA) is 62.1 Å². The van der Waals surface area contributed by atoms with Crippen LogP contribution in [0.3, 0.4) is 0 Å². The number of H-pyrrole nitrogens is 1. The fraction of sp³-hybridized carbons (Fsp3) is 0.250. The third-order valence-corrected chi connectivity index (χ3v) is 4.05. The van der Waals surface area contributed by atoms with E-state index < -0.39 is 0 Å². The van der Waals surface area contributed by atoms with Crippen LogP contribution in [0.2, 0.25) is 0 Å². The molecule has 0 saturated carbocycles. The molecule has 0 atom stereocenters. The highest BCUT2D eigenvalue weighted by atomic mass is 32.1. The monoisotopic (exact) mass is 247 g/mol. The van der Waals surface area contributed by atoms with Gasteiger partial charge in [-0.15, -0.1) is 11.3 Å². The molecular weight excluding hydrogens is 234 g/mol. The number of carbonyl (C=O) groups is 1. The Morgan fingerprint density at radius 3 is 3.18 bits per heavy atom. The van der Waals surface area contributed by atoms with Gasteiger partial charge in [0, 0.05) is 29.9 Å². The van der Waals surface area contributed by atoms with E-state index in [1.807, 2.05) is 4.90 Å². The van der Waals surface area contributed by atoms with E-state index in [9.17, 15) is 4.79 Å². The summed E-state index contributed by atoms with van der Waals surface area (Å²) in [5.41, 5.74) is 8.05. The van der Waals surface area contributed by atoms with Gasteiger partial charge in [-0.1, -0.05) is 0 Å². The average molecular weight is 247 g/mol. The largest absolute Gasteiger partial charge is 0.397 e. The van der Waals surface area contributed by atoms with Crippen LogP contribution >= 0.6 is 11.3 Å². The number of nitrogen functional groups attached to an aromatic ring is 1. The lowest BCUT2D eigenvalue weighted by molar-refractivity contribution is 0.0730. The summed E-state index contributed by atoms with van der Waals surface area (Å²) in [5.74, 6) is 0.0264. The smallest absolute Gasteiger partial charge is 0.270 e. The summed E-state index contributed by atoms with van der Waals surface area (Å²) in [6, 6.07) is 3.79. The summed E-state index contributed by atoms with van der Waals surface area (Å²) in [4.78, 5) is 18.4. The minimum atomic E-state index is 0.0264. The van der Waals surface area contributed by atoms with Crippen LogP contribution in [0.1, 0.15) is 20.9 Å². The van der Waals surface area contributed by atoms with E-state index in [1.165, 1.54) is 10.4 Å². The quantitative estimate of drug-likeness (QED) is 0.808. The first-order valence-electron chi connectivity index (χ1n) is 5.52. The maximum atomic E-state index is 12.2. The van der Waals surface area contributed by atoms with Crippen molar-refractivity contribution in [1.82, 2.24) is 9.88 Å². The Morgan fingerprint density at radius 2 is 2.41 bits per heavy atom. The Labute approximate surface area is 103 Å². The molecule has 3 heterocycles. The average Bonchev–Trinajstić information content (AvgIpc) is 2.95. The van der Waals surface area contributed by atoms with Gasteiger partial charge < -0.3 is 15.6 Å². The third-order valence-electron chi connectivity index (χ3n) is 3.03. The van der Waals surface area contributed by atoms with Crippen LogP contribution in [0.4, 0.5) is 5.69 Å². The molecule has 0 radical (unpaired) electrons. The number of hydrogen-bond acceptors (Lipinski definition) is 3. The number of rotatable bonds is 1. The number of carbonyl (C=O) groups excluding carboxylic acids is 1. The van der Waals surface area contributed by atoms with Crippen LogP contribution in [0.15, 0.2) is 23.7 Å². The maximum Gasteiger partial charge on any atom is 0.270 e. The zero-order valence-electron chi connectivity index (χ0n) is 9.27. The molecule has 0 aromatic carbocycles. The molecule has 1 aliphatic heterocycles. The summed E-state index contributed by atoms with van der Waals surface area (Å²) in [6.45, 7) is 1.49. The zero-order chi connectivity index (χ0) is 11.8. The predicted molar refractivity (Wildman–Crippen MR) is 68.0 cm³/mol. The lowest BCUT2D eigenvalue weighted by Crippen LogP contribution is -2.35. The van der Waals surface area contributed by atoms with Crippen molar-refractivity contribution in [2.24, 2.45) is 0 Å². The van der Waals surface area contributed by atoms with Crippen molar-refractivity contribution in [2.75, 3.05) is 12.3 Å². The lowest BCUT2D eigenvalue weighted by Gasteiger charge is -2.26. The second-order valence-electron chi connectivity index (χ2n) is 4.19. The van der Waals surface area contributed by atoms with Crippen molar-refractivity contribution >= 4 is 22.9 Å². The van der Waals surface area contributed by atoms with Crippen LogP contribution in [-0.2, 0) is 13.0 Å². The molecule has 1 amide bonds. The van der Waals surface area contributed by atoms with Gasteiger partial charge in [0.25, 0.3) is 5.91 Å². The van der Waals surface area contributed by atoms with Gasteiger partial charge in [0.15, 0.2) is 0 Å². The van der Waals surface area contributed by atoms with Gasteiger partial charge in [0.05, 0.1) is 0 Å². The number of thiophene rings is 1. The van der Waals surface area contributed by atoms with Gasteiger partial charge in [-0.3, -0.25) is 4.79 Å². The molecule has 1 aliphatic rings. The van der Waals surface area contributed by atoms with Gasteiger partial charge in [-0.25, -0.2) is 0 Å². The number of fused-ring (bicyclic) bond motifs is 1. The van der Waals surface area contributed by atoms with E-state index in [4.69, 9.17) is 5.73 Å². The first-order chi connectivity index (χ1) is 8.24. The highest BCUT2D eigenvalue weighted by molar-refractivity contribution is 7.10. The van der Waals surface area contributed by atoms with Gasteiger partial charge in [-0.05, 0) is 29.5 Å². The van der Waals surface area contributed by atoms with E-state index in [2.05, 4.69) is 16.4 Å². The molecule has 3 N–H and O–H groups in total. The van der Waals surface area contributed by atoms with E-state index in [0.29, 0.717) is 17.9 Å². The van der Waals surface area contributed by atoms with Gasteiger partial charge >= 0.3 is 0 Å². The Kier molecular flexibility index (Phi) is 2.40. The van der Waals surface area contributed by atoms with Crippen molar-refractivity contribution < 1.29 is 4.79 Å². The summed E-state index contributed by atoms with van der Waals surface area (Å²) in [6.07, 6.45) is 2.60. The fourth-order valence-corrected chi connectivity index (χ4v) is 3.02. The number of anilines is 1. The highest BCUT2D eigenvalue weighted by Crippen LogP contribution is 2.25. The fourth-order valence-electron chi connectivity index (χ4n) is 2.13. The summed E-state index contributed by atoms with van der Waals surface area (Å²) >= 11 is 1.77. The summed E-state index contributed by atoms with van der Waals surface area (Å²) in [5, 5.41) is 2.09. The van der Waals surface area contributed by atoms with Crippen molar-refractivity contribution in [1.29, 1.82) is 0 Å². The molecule has 4 nitrogen and oxygen atoms in total. The van der Waals surface area contributed by atoms with Gasteiger partial charge in [-0.2, -0.15) is 0 Å². The second kappa shape index (κ2) is 3.92. The standard InChI is InChI=1S/C12H13N3OS/c13-9-5-10(14-6-9)12(16)15-3-1-11-8(7-15)2-4-17-11/h2,4-6,14H,1,3,7,13H2. The first kappa shape index (κ1) is 10.4. The number of nitrogens with one attached hydrogen (secondary N) is 1. The van der Waals surface area contributed by atoms with E-state index in [-0.39, 0.29) is 5.91 Å². The molecular formula is C12H13N3OS. The molecule has 0 bridgehead atoms. The summed E-state index contributed by atoms with van der Waals surface area (Å²) in [7, 11) is 0. The minimum Gasteiger partial charge on any atom is -0.397 e. The number of aromatic amines is 1. The van der Waals surface area contributed by atoms with Gasteiger partial charge in [0.2, 0.25) is 0 Å². The summed E-state index contributed by atoms with van der Waals surface area (Å²) < 4.78 is 0. The third kappa shape index (κ3) is 1.82. The molecule has 0 aliphatic carbocycles. The molecule has 0 spiro atoms. The minimum absolute atomic E-state index is 0.0264. The van der Waals surface area contributed by atoms with Crippen LogP contribution in [0.25, 0.3) is 0 Å². The number of nitrogens with zero attached hydrogens (tertiary/aromatic N) is 1. The van der Waals surface area contributed by atoms with Crippen molar-refractivity contribution in [3.63, 3.8) is 0 Å². The Balaban J connectivity index is 1.81.